The Bertz CT molecular complexity index is 407. The number of benzene rings is 1. The molecule has 0 aliphatic rings. The molecule has 0 radical (unpaired) electrons. The molecule has 0 atom stereocenters. The van der Waals surface area contributed by atoms with Gasteiger partial charge in [-0.2, -0.15) is 0 Å². The number of nitrogens with zero attached hydrogens (tertiary/aromatic N) is 1. The zero-order chi connectivity index (χ0) is 13.5. The van der Waals surface area contributed by atoms with Crippen LogP contribution >= 0.6 is 0 Å². The molecule has 5 heteroatoms. The van der Waals surface area contributed by atoms with Crippen LogP contribution in [0.1, 0.15) is 22.8 Å². The molecule has 0 aromatic heterocycles. The lowest BCUT2D eigenvalue weighted by molar-refractivity contribution is 0.0707. The molecule has 0 aliphatic heterocycles. The van der Waals surface area contributed by atoms with Crippen LogP contribution in [0.5, 0.6) is 0 Å². The Kier molecular flexibility index (Phi) is 5.61. The average molecular weight is 251 g/mol. The van der Waals surface area contributed by atoms with Crippen molar-refractivity contribution in [1.29, 1.82) is 0 Å². The van der Waals surface area contributed by atoms with Crippen molar-refractivity contribution < 1.29 is 9.53 Å². The first kappa shape index (κ1) is 14.5. The summed E-state index contributed by atoms with van der Waals surface area (Å²) in [6.07, 6.45) is 0. The van der Waals surface area contributed by atoms with Crippen molar-refractivity contribution in [3.05, 3.63) is 29.3 Å². The standard InChI is InChI=1S/C13H21N3O2/c1-4-16(7-8-18-3)13(17)11-9-10(2)5-6-12(11)15-14/h5-6,9,15H,4,7-8,14H2,1-3H3. The largest absolute Gasteiger partial charge is 0.383 e. The van der Waals surface area contributed by atoms with Gasteiger partial charge < -0.3 is 15.1 Å². The molecule has 0 unspecified atom stereocenters. The first-order chi connectivity index (χ1) is 8.63. The first-order valence-corrected chi connectivity index (χ1v) is 5.99. The van der Waals surface area contributed by atoms with Crippen LogP contribution in [0.3, 0.4) is 0 Å². The van der Waals surface area contributed by atoms with E-state index in [-0.39, 0.29) is 5.91 Å². The highest BCUT2D eigenvalue weighted by molar-refractivity contribution is 5.99. The van der Waals surface area contributed by atoms with E-state index in [1.807, 2.05) is 32.0 Å². The maximum Gasteiger partial charge on any atom is 0.256 e. The van der Waals surface area contributed by atoms with Crippen LogP contribution in [0.4, 0.5) is 5.69 Å². The van der Waals surface area contributed by atoms with E-state index in [1.54, 1.807) is 12.0 Å². The number of nitrogens with one attached hydrogen (secondary N) is 1. The zero-order valence-corrected chi connectivity index (χ0v) is 11.2. The summed E-state index contributed by atoms with van der Waals surface area (Å²) in [6, 6.07) is 5.57. The van der Waals surface area contributed by atoms with Gasteiger partial charge in [-0.3, -0.25) is 10.6 Å². The smallest absolute Gasteiger partial charge is 0.256 e. The number of ether oxygens (including phenoxy) is 1. The second-order valence-electron chi connectivity index (χ2n) is 4.07. The van der Waals surface area contributed by atoms with E-state index in [4.69, 9.17) is 10.6 Å². The summed E-state index contributed by atoms with van der Waals surface area (Å²) in [5.74, 6) is 5.40. The lowest BCUT2D eigenvalue weighted by atomic mass is 10.1. The Morgan fingerprint density at radius 1 is 1.50 bits per heavy atom. The van der Waals surface area contributed by atoms with Crippen molar-refractivity contribution in [2.75, 3.05) is 32.2 Å². The Morgan fingerprint density at radius 3 is 2.78 bits per heavy atom. The molecule has 5 nitrogen and oxygen atoms in total. The minimum Gasteiger partial charge on any atom is -0.383 e. The van der Waals surface area contributed by atoms with E-state index in [2.05, 4.69) is 5.43 Å². The molecule has 0 fully saturated rings. The van der Waals surface area contributed by atoms with E-state index in [1.165, 1.54) is 0 Å². The topological polar surface area (TPSA) is 67.6 Å². The second-order valence-corrected chi connectivity index (χ2v) is 4.07. The molecule has 1 aromatic carbocycles. The molecule has 0 spiro atoms. The number of hydrogen-bond acceptors (Lipinski definition) is 4. The van der Waals surface area contributed by atoms with E-state index in [0.29, 0.717) is 30.9 Å². The molecule has 0 saturated heterocycles. The van der Waals surface area contributed by atoms with Gasteiger partial charge in [-0.15, -0.1) is 0 Å². The summed E-state index contributed by atoms with van der Waals surface area (Å²) in [4.78, 5) is 14.1. The molecule has 0 saturated carbocycles. The van der Waals surface area contributed by atoms with Gasteiger partial charge in [0.05, 0.1) is 17.9 Å². The number of methoxy groups -OCH3 is 1. The maximum atomic E-state index is 12.4. The predicted molar refractivity (Wildman–Crippen MR) is 72.4 cm³/mol. The number of anilines is 1. The number of aryl methyl sites for hydroxylation is 1. The van der Waals surface area contributed by atoms with E-state index in [9.17, 15) is 4.79 Å². The zero-order valence-electron chi connectivity index (χ0n) is 11.2. The average Bonchev–Trinajstić information content (AvgIpc) is 2.39. The second kappa shape index (κ2) is 6.98. The number of nitrogens with two attached hydrogens (primary N) is 1. The van der Waals surface area contributed by atoms with Crippen LogP contribution in [-0.4, -0.2) is 37.6 Å². The Morgan fingerprint density at radius 2 is 2.22 bits per heavy atom. The van der Waals surface area contributed by atoms with Crippen molar-refractivity contribution >= 4 is 11.6 Å². The molecule has 1 aromatic rings. The van der Waals surface area contributed by atoms with Gasteiger partial charge in [0.25, 0.3) is 5.91 Å². The van der Waals surface area contributed by atoms with Gasteiger partial charge in [0.15, 0.2) is 0 Å². The molecule has 100 valence electrons. The number of rotatable bonds is 6. The van der Waals surface area contributed by atoms with Crippen LogP contribution in [0.25, 0.3) is 0 Å². The van der Waals surface area contributed by atoms with Gasteiger partial charge in [-0.25, -0.2) is 0 Å². The van der Waals surface area contributed by atoms with Gasteiger partial charge in [-0.05, 0) is 26.0 Å². The number of carbonyl (C=O) groups excluding carboxylic acids is 1. The van der Waals surface area contributed by atoms with Crippen LogP contribution < -0.4 is 11.3 Å². The number of nitrogen functional groups attached to an aromatic ring is 1. The molecule has 18 heavy (non-hydrogen) atoms. The highest BCUT2D eigenvalue weighted by Crippen LogP contribution is 2.18. The SMILES string of the molecule is CCN(CCOC)C(=O)c1cc(C)ccc1NN. The summed E-state index contributed by atoms with van der Waals surface area (Å²) in [6.45, 7) is 5.63. The molecule has 1 amide bonds. The van der Waals surface area contributed by atoms with Crippen molar-refractivity contribution in [2.24, 2.45) is 5.84 Å². The van der Waals surface area contributed by atoms with Gasteiger partial charge in [0, 0.05) is 20.2 Å². The highest BCUT2D eigenvalue weighted by Gasteiger charge is 2.17. The summed E-state index contributed by atoms with van der Waals surface area (Å²) < 4.78 is 5.01. The quantitative estimate of drug-likeness (QED) is 0.592. The van der Waals surface area contributed by atoms with Gasteiger partial charge in [-0.1, -0.05) is 11.6 Å². The Hall–Kier alpha value is -1.59. The monoisotopic (exact) mass is 251 g/mol. The third kappa shape index (κ3) is 3.45. The number of hydrazine groups is 1. The number of amides is 1. The van der Waals surface area contributed by atoms with Crippen molar-refractivity contribution in [1.82, 2.24) is 4.90 Å². The van der Waals surface area contributed by atoms with Crippen molar-refractivity contribution in [3.63, 3.8) is 0 Å². The maximum absolute atomic E-state index is 12.4. The van der Waals surface area contributed by atoms with Crippen LogP contribution in [0, 0.1) is 6.92 Å². The third-order valence-electron chi connectivity index (χ3n) is 2.80. The fraction of sp³-hybridized carbons (Fsp3) is 0.462. The summed E-state index contributed by atoms with van der Waals surface area (Å²) in [7, 11) is 1.62. The van der Waals surface area contributed by atoms with Crippen LogP contribution in [0.15, 0.2) is 18.2 Å². The van der Waals surface area contributed by atoms with E-state index < -0.39 is 0 Å². The number of hydrogen-bond donors (Lipinski definition) is 2. The molecule has 0 bridgehead atoms. The molecule has 0 heterocycles. The lowest BCUT2D eigenvalue weighted by Crippen LogP contribution is -2.34. The molecule has 3 N–H and O–H groups in total. The van der Waals surface area contributed by atoms with Gasteiger partial charge in [0.2, 0.25) is 0 Å². The minimum atomic E-state index is -0.0359. The third-order valence-corrected chi connectivity index (χ3v) is 2.80. The normalized spacial score (nSPS) is 10.2. The Balaban J connectivity index is 2.96. The van der Waals surface area contributed by atoms with E-state index in [0.717, 1.165) is 5.56 Å². The lowest BCUT2D eigenvalue weighted by Gasteiger charge is -2.22. The number of likely N-dealkylation sites (N-methyl/N-ethyl adjacent to an activating group) is 1. The summed E-state index contributed by atoms with van der Waals surface area (Å²) in [5.41, 5.74) is 4.82. The Labute approximate surface area is 108 Å². The minimum absolute atomic E-state index is 0.0359. The fourth-order valence-corrected chi connectivity index (χ4v) is 1.74. The summed E-state index contributed by atoms with van der Waals surface area (Å²) >= 11 is 0. The van der Waals surface area contributed by atoms with Crippen LogP contribution in [-0.2, 0) is 4.74 Å². The van der Waals surface area contributed by atoms with Crippen LogP contribution in [0.2, 0.25) is 0 Å². The molecular weight excluding hydrogens is 230 g/mol. The van der Waals surface area contributed by atoms with Gasteiger partial charge in [0.1, 0.15) is 0 Å². The highest BCUT2D eigenvalue weighted by atomic mass is 16.5. The van der Waals surface area contributed by atoms with Crippen molar-refractivity contribution in [2.45, 2.75) is 13.8 Å². The molecule has 0 aliphatic carbocycles. The van der Waals surface area contributed by atoms with Gasteiger partial charge >= 0.3 is 0 Å². The molecule has 1 rings (SSSR count). The van der Waals surface area contributed by atoms with Crippen molar-refractivity contribution in [3.8, 4) is 0 Å². The first-order valence-electron chi connectivity index (χ1n) is 5.99. The predicted octanol–water partition coefficient (Wildman–Crippen LogP) is 1.39. The summed E-state index contributed by atoms with van der Waals surface area (Å²) in [5, 5.41) is 0. The molecular formula is C13H21N3O2. The van der Waals surface area contributed by atoms with E-state index >= 15 is 0 Å². The fourth-order valence-electron chi connectivity index (χ4n) is 1.74. The number of carbonyl (C=O) groups is 1.